The Morgan fingerprint density at radius 1 is 1.47 bits per heavy atom. The van der Waals surface area contributed by atoms with Crippen LogP contribution in [-0.2, 0) is 9.84 Å². The summed E-state index contributed by atoms with van der Waals surface area (Å²) in [6.45, 7) is 2.94. The van der Waals surface area contributed by atoms with E-state index >= 15 is 0 Å². The summed E-state index contributed by atoms with van der Waals surface area (Å²) in [5.41, 5.74) is 0. The molecule has 0 saturated heterocycles. The molecule has 19 heavy (non-hydrogen) atoms. The molecule has 0 bridgehead atoms. The van der Waals surface area contributed by atoms with Crippen LogP contribution in [-0.4, -0.2) is 33.9 Å². The van der Waals surface area contributed by atoms with E-state index in [2.05, 4.69) is 11.4 Å². The molecular formula is C13H18N2O3S. The summed E-state index contributed by atoms with van der Waals surface area (Å²) in [4.78, 5) is 0.208. The van der Waals surface area contributed by atoms with Gasteiger partial charge in [0.05, 0.1) is 11.0 Å². The maximum atomic E-state index is 11.4. The molecule has 1 atom stereocenters. The highest BCUT2D eigenvalue weighted by atomic mass is 32.2. The van der Waals surface area contributed by atoms with Crippen molar-refractivity contribution in [2.45, 2.75) is 24.3 Å². The van der Waals surface area contributed by atoms with E-state index in [1.165, 1.54) is 12.1 Å². The maximum Gasteiger partial charge on any atom is 0.175 e. The normalized spacial score (nSPS) is 12.7. The first-order chi connectivity index (χ1) is 8.97. The van der Waals surface area contributed by atoms with Crippen LogP contribution >= 0.6 is 0 Å². The van der Waals surface area contributed by atoms with E-state index in [1.807, 2.05) is 6.92 Å². The first kappa shape index (κ1) is 15.5. The number of benzene rings is 1. The van der Waals surface area contributed by atoms with E-state index in [-0.39, 0.29) is 11.5 Å². The van der Waals surface area contributed by atoms with Crippen LogP contribution in [0.4, 0.5) is 0 Å². The highest BCUT2D eigenvalue weighted by Crippen LogP contribution is 2.17. The second-order valence-corrected chi connectivity index (χ2v) is 6.21. The first-order valence-electron chi connectivity index (χ1n) is 6.03. The Morgan fingerprint density at radius 2 is 2.21 bits per heavy atom. The highest BCUT2D eigenvalue weighted by molar-refractivity contribution is 7.90. The summed E-state index contributed by atoms with van der Waals surface area (Å²) in [6.07, 6.45) is 2.08. The number of ether oxygens (including phenoxy) is 1. The van der Waals surface area contributed by atoms with E-state index in [0.29, 0.717) is 5.75 Å². The van der Waals surface area contributed by atoms with E-state index in [4.69, 9.17) is 10.00 Å². The number of nitrogens with zero attached hydrogens (tertiary/aromatic N) is 1. The number of rotatable bonds is 7. The molecule has 0 saturated carbocycles. The first-order valence-corrected chi connectivity index (χ1v) is 7.92. The Kier molecular flexibility index (Phi) is 5.80. The zero-order valence-electron chi connectivity index (χ0n) is 11.1. The molecule has 0 aromatic heterocycles. The predicted molar refractivity (Wildman–Crippen MR) is 72.7 cm³/mol. The monoisotopic (exact) mass is 282 g/mol. The quantitative estimate of drug-likeness (QED) is 0.817. The number of nitriles is 1. The minimum Gasteiger partial charge on any atom is -0.491 e. The molecule has 0 heterocycles. The highest BCUT2D eigenvalue weighted by Gasteiger charge is 2.10. The summed E-state index contributed by atoms with van der Waals surface area (Å²) in [7, 11) is -3.24. The van der Waals surface area contributed by atoms with Gasteiger partial charge in [0.15, 0.2) is 9.84 Å². The summed E-state index contributed by atoms with van der Waals surface area (Å²) >= 11 is 0. The van der Waals surface area contributed by atoms with E-state index < -0.39 is 15.9 Å². The van der Waals surface area contributed by atoms with Crippen molar-refractivity contribution in [1.29, 1.82) is 5.26 Å². The van der Waals surface area contributed by atoms with Crippen molar-refractivity contribution in [1.82, 2.24) is 5.32 Å². The largest absolute Gasteiger partial charge is 0.491 e. The lowest BCUT2D eigenvalue weighted by Gasteiger charge is -2.12. The fourth-order valence-corrected chi connectivity index (χ4v) is 2.09. The SMILES string of the molecule is CCCNC(C#N)COc1cccc(S(C)(=O)=O)c1. The fraction of sp³-hybridized carbons (Fsp3) is 0.462. The average Bonchev–Trinajstić information content (AvgIpc) is 2.38. The lowest BCUT2D eigenvalue weighted by Crippen LogP contribution is -2.33. The Hall–Kier alpha value is -1.58. The van der Waals surface area contributed by atoms with Crippen LogP contribution < -0.4 is 10.1 Å². The number of hydrogen-bond donors (Lipinski definition) is 1. The standard InChI is InChI=1S/C13H18N2O3S/c1-3-7-15-11(9-14)10-18-12-5-4-6-13(8-12)19(2,16)17/h4-6,8,11,15H,3,7,10H2,1-2H3. The Balaban J connectivity index is 2.65. The molecule has 0 amide bonds. The molecule has 0 radical (unpaired) electrons. The molecule has 1 unspecified atom stereocenters. The van der Waals surface area contributed by atoms with E-state index in [9.17, 15) is 8.42 Å². The second kappa shape index (κ2) is 7.12. The van der Waals surface area contributed by atoms with Crippen LogP contribution in [0.3, 0.4) is 0 Å². The van der Waals surface area contributed by atoms with Crippen LogP contribution in [0.1, 0.15) is 13.3 Å². The molecule has 0 fully saturated rings. The molecule has 0 aliphatic rings. The van der Waals surface area contributed by atoms with Crippen molar-refractivity contribution in [3.63, 3.8) is 0 Å². The molecule has 104 valence electrons. The Labute approximate surface area is 114 Å². The van der Waals surface area contributed by atoms with Gasteiger partial charge in [0.1, 0.15) is 18.4 Å². The topological polar surface area (TPSA) is 79.2 Å². The van der Waals surface area contributed by atoms with Crippen LogP contribution in [0, 0.1) is 11.3 Å². The van der Waals surface area contributed by atoms with Gasteiger partial charge in [-0.2, -0.15) is 5.26 Å². The second-order valence-electron chi connectivity index (χ2n) is 4.19. The Morgan fingerprint density at radius 3 is 2.79 bits per heavy atom. The van der Waals surface area contributed by atoms with Gasteiger partial charge in [-0.25, -0.2) is 8.42 Å². The van der Waals surface area contributed by atoms with Crippen molar-refractivity contribution < 1.29 is 13.2 Å². The predicted octanol–water partition coefficient (Wildman–Crippen LogP) is 1.36. The molecule has 1 aromatic rings. The molecule has 0 aliphatic carbocycles. The van der Waals surface area contributed by atoms with Crippen molar-refractivity contribution in [3.05, 3.63) is 24.3 Å². The van der Waals surface area contributed by atoms with Crippen LogP contribution in [0.2, 0.25) is 0 Å². The molecule has 0 aliphatic heterocycles. The minimum absolute atomic E-state index is 0.184. The minimum atomic E-state index is -3.24. The molecule has 1 aromatic carbocycles. The molecular weight excluding hydrogens is 264 g/mol. The van der Waals surface area contributed by atoms with Crippen molar-refractivity contribution >= 4 is 9.84 Å². The van der Waals surface area contributed by atoms with Gasteiger partial charge in [-0.15, -0.1) is 0 Å². The average molecular weight is 282 g/mol. The number of nitrogens with one attached hydrogen (secondary N) is 1. The smallest absolute Gasteiger partial charge is 0.175 e. The third-order valence-electron chi connectivity index (χ3n) is 2.45. The van der Waals surface area contributed by atoms with Gasteiger partial charge in [0, 0.05) is 6.26 Å². The maximum absolute atomic E-state index is 11.4. The zero-order chi connectivity index (χ0) is 14.3. The van der Waals surface area contributed by atoms with Crippen LogP contribution in [0.25, 0.3) is 0 Å². The summed E-state index contributed by atoms with van der Waals surface area (Å²) in [5.74, 6) is 0.446. The van der Waals surface area contributed by atoms with E-state index in [0.717, 1.165) is 19.2 Å². The Bertz CT molecular complexity index is 549. The van der Waals surface area contributed by atoms with Crippen LogP contribution in [0.15, 0.2) is 29.2 Å². The summed E-state index contributed by atoms with van der Waals surface area (Å²) < 4.78 is 28.2. The molecule has 1 N–H and O–H groups in total. The van der Waals surface area contributed by atoms with Crippen molar-refractivity contribution in [2.75, 3.05) is 19.4 Å². The van der Waals surface area contributed by atoms with Gasteiger partial charge in [-0.1, -0.05) is 13.0 Å². The summed E-state index contributed by atoms with van der Waals surface area (Å²) in [6, 6.07) is 7.96. The van der Waals surface area contributed by atoms with E-state index in [1.54, 1.807) is 12.1 Å². The van der Waals surface area contributed by atoms with Crippen molar-refractivity contribution in [3.8, 4) is 11.8 Å². The van der Waals surface area contributed by atoms with Gasteiger partial charge in [-0.05, 0) is 31.2 Å². The third kappa shape index (κ3) is 5.28. The third-order valence-corrected chi connectivity index (χ3v) is 3.56. The molecule has 6 heteroatoms. The van der Waals surface area contributed by atoms with Gasteiger partial charge in [0.25, 0.3) is 0 Å². The lowest BCUT2D eigenvalue weighted by molar-refractivity contribution is 0.289. The van der Waals surface area contributed by atoms with Crippen LogP contribution in [0.5, 0.6) is 5.75 Å². The summed E-state index contributed by atoms with van der Waals surface area (Å²) in [5, 5.41) is 12.0. The lowest BCUT2D eigenvalue weighted by atomic mass is 10.3. The molecule has 5 nitrogen and oxygen atoms in total. The van der Waals surface area contributed by atoms with Crippen molar-refractivity contribution in [2.24, 2.45) is 0 Å². The zero-order valence-corrected chi connectivity index (χ0v) is 11.9. The van der Waals surface area contributed by atoms with Gasteiger partial charge in [0.2, 0.25) is 0 Å². The molecule has 0 spiro atoms. The van der Waals surface area contributed by atoms with Gasteiger partial charge >= 0.3 is 0 Å². The fourth-order valence-electron chi connectivity index (χ4n) is 1.43. The van der Waals surface area contributed by atoms with Gasteiger partial charge < -0.3 is 4.74 Å². The molecule has 1 rings (SSSR count). The van der Waals surface area contributed by atoms with Gasteiger partial charge in [-0.3, -0.25) is 5.32 Å². The number of sulfone groups is 1. The number of hydrogen-bond acceptors (Lipinski definition) is 5.